The van der Waals surface area contributed by atoms with Gasteiger partial charge in [0, 0.05) is 5.56 Å². The number of para-hydroxylation sites is 1. The number of nitrogens with zero attached hydrogens (tertiary/aromatic N) is 1. The molecule has 7 N–H and O–H groups in total. The molecule has 0 aromatic heterocycles. The van der Waals surface area contributed by atoms with Gasteiger partial charge in [-0.1, -0.05) is 12.1 Å². The van der Waals surface area contributed by atoms with E-state index in [9.17, 15) is 0 Å². The van der Waals surface area contributed by atoms with Crippen LogP contribution in [0.5, 0.6) is 0 Å². The van der Waals surface area contributed by atoms with Gasteiger partial charge in [-0.25, -0.2) is 4.99 Å². The van der Waals surface area contributed by atoms with Crippen molar-refractivity contribution in [2.45, 2.75) is 0 Å². The van der Waals surface area contributed by atoms with Crippen LogP contribution >= 0.6 is 0 Å². The number of guanidine groups is 1. The molecule has 1 aromatic rings. The third-order valence-electron chi connectivity index (χ3n) is 1.44. The number of hydrogen-bond donors (Lipinski definition) is 4. The van der Waals surface area contributed by atoms with E-state index in [1.165, 1.54) is 0 Å². The number of nitrogen functional groups attached to an aromatic ring is 1. The van der Waals surface area contributed by atoms with E-state index in [1.807, 2.05) is 0 Å². The van der Waals surface area contributed by atoms with Crippen LogP contribution in [0.4, 0.5) is 5.69 Å². The lowest BCUT2D eigenvalue weighted by Crippen LogP contribution is -2.22. The van der Waals surface area contributed by atoms with Crippen molar-refractivity contribution in [1.82, 2.24) is 0 Å². The number of rotatable bonds is 2. The summed E-state index contributed by atoms with van der Waals surface area (Å²) in [6.45, 7) is 0. The van der Waals surface area contributed by atoms with Gasteiger partial charge in [-0.3, -0.25) is 5.41 Å². The first kappa shape index (κ1) is 9.05. The number of hydrogen-bond acceptors (Lipinski definition) is 2. The Morgan fingerprint density at radius 2 is 1.77 bits per heavy atom. The van der Waals surface area contributed by atoms with E-state index in [1.54, 1.807) is 24.3 Å². The standard InChI is InChI=1S/C8H11N5/c9-7(10)5-3-1-2-4-6(5)13-8(11)12/h1-4H,(H3,9,10)(H4,11,12,13). The van der Waals surface area contributed by atoms with Crippen molar-refractivity contribution in [3.8, 4) is 0 Å². The summed E-state index contributed by atoms with van der Waals surface area (Å²) in [4.78, 5) is 3.83. The summed E-state index contributed by atoms with van der Waals surface area (Å²) < 4.78 is 0. The second kappa shape index (κ2) is 3.57. The van der Waals surface area contributed by atoms with Crippen LogP contribution < -0.4 is 17.2 Å². The summed E-state index contributed by atoms with van der Waals surface area (Å²) in [5, 5.41) is 7.25. The molecule has 0 fully saturated rings. The molecule has 13 heavy (non-hydrogen) atoms. The lowest BCUT2D eigenvalue weighted by Gasteiger charge is -2.02. The molecule has 0 aliphatic heterocycles. The maximum absolute atomic E-state index is 7.25. The average molecular weight is 177 g/mol. The molecule has 1 aromatic carbocycles. The van der Waals surface area contributed by atoms with Gasteiger partial charge in [0.15, 0.2) is 5.96 Å². The second-order valence-electron chi connectivity index (χ2n) is 2.47. The fourth-order valence-corrected chi connectivity index (χ4v) is 0.938. The first-order chi connectivity index (χ1) is 6.11. The monoisotopic (exact) mass is 177 g/mol. The summed E-state index contributed by atoms with van der Waals surface area (Å²) in [7, 11) is 0. The number of benzene rings is 1. The average Bonchev–Trinajstić information content (AvgIpc) is 2.03. The van der Waals surface area contributed by atoms with Gasteiger partial charge in [0.05, 0.1) is 5.69 Å². The summed E-state index contributed by atoms with van der Waals surface area (Å²) >= 11 is 0. The summed E-state index contributed by atoms with van der Waals surface area (Å²) in [5.41, 5.74) is 16.8. The van der Waals surface area contributed by atoms with Crippen LogP contribution in [-0.2, 0) is 0 Å². The molecule has 0 heterocycles. The minimum absolute atomic E-state index is 0.0475. The molecule has 0 saturated heterocycles. The molecule has 0 radical (unpaired) electrons. The molecule has 0 saturated carbocycles. The molecule has 1 rings (SSSR count). The molecular weight excluding hydrogens is 166 g/mol. The van der Waals surface area contributed by atoms with Crippen LogP contribution in [0.3, 0.4) is 0 Å². The number of amidine groups is 1. The number of nitrogens with two attached hydrogens (primary N) is 3. The molecule has 0 atom stereocenters. The van der Waals surface area contributed by atoms with Crippen molar-refractivity contribution in [1.29, 1.82) is 5.41 Å². The zero-order chi connectivity index (χ0) is 9.84. The van der Waals surface area contributed by atoms with Crippen LogP contribution in [0.2, 0.25) is 0 Å². The van der Waals surface area contributed by atoms with Gasteiger partial charge >= 0.3 is 0 Å². The van der Waals surface area contributed by atoms with Crippen molar-refractivity contribution < 1.29 is 0 Å². The van der Waals surface area contributed by atoms with E-state index in [-0.39, 0.29) is 11.8 Å². The van der Waals surface area contributed by atoms with E-state index in [4.69, 9.17) is 22.6 Å². The molecule has 68 valence electrons. The predicted molar refractivity (Wildman–Crippen MR) is 52.9 cm³/mol. The van der Waals surface area contributed by atoms with Crippen molar-refractivity contribution in [3.05, 3.63) is 29.8 Å². The number of nitrogens with one attached hydrogen (secondary N) is 1. The van der Waals surface area contributed by atoms with Crippen LogP contribution in [-0.4, -0.2) is 11.8 Å². The SMILES string of the molecule is N=C(N)c1ccccc1N=C(N)N. The van der Waals surface area contributed by atoms with Gasteiger partial charge in [-0.2, -0.15) is 0 Å². The van der Waals surface area contributed by atoms with Crippen LogP contribution in [0, 0.1) is 5.41 Å². The smallest absolute Gasteiger partial charge is 0.191 e. The van der Waals surface area contributed by atoms with Crippen molar-refractivity contribution in [2.24, 2.45) is 22.2 Å². The fraction of sp³-hybridized carbons (Fsp3) is 0. The van der Waals surface area contributed by atoms with Gasteiger partial charge in [-0.15, -0.1) is 0 Å². The highest BCUT2D eigenvalue weighted by molar-refractivity contribution is 6.00. The first-order valence-electron chi connectivity index (χ1n) is 3.64. The topological polar surface area (TPSA) is 114 Å². The Morgan fingerprint density at radius 1 is 1.15 bits per heavy atom. The Morgan fingerprint density at radius 3 is 2.31 bits per heavy atom. The number of aliphatic imine (C=N–C) groups is 1. The maximum Gasteiger partial charge on any atom is 0.191 e. The Bertz CT molecular complexity index is 351. The molecule has 0 unspecified atom stereocenters. The van der Waals surface area contributed by atoms with Gasteiger partial charge < -0.3 is 17.2 Å². The molecule has 5 nitrogen and oxygen atoms in total. The van der Waals surface area contributed by atoms with Crippen LogP contribution in [0.1, 0.15) is 5.56 Å². The van der Waals surface area contributed by atoms with E-state index >= 15 is 0 Å². The Labute approximate surface area is 75.8 Å². The molecule has 5 heteroatoms. The van der Waals surface area contributed by atoms with E-state index in [0.717, 1.165) is 0 Å². The second-order valence-corrected chi connectivity index (χ2v) is 2.47. The Balaban J connectivity index is 3.20. The quantitative estimate of drug-likeness (QED) is 0.372. The van der Waals surface area contributed by atoms with Crippen molar-refractivity contribution >= 4 is 17.5 Å². The molecule has 0 spiro atoms. The Kier molecular flexibility index (Phi) is 2.49. The summed E-state index contributed by atoms with van der Waals surface area (Å²) in [5.74, 6) is -0.102. The van der Waals surface area contributed by atoms with Crippen LogP contribution in [0.25, 0.3) is 0 Å². The highest BCUT2D eigenvalue weighted by Crippen LogP contribution is 2.17. The molecule has 0 bridgehead atoms. The van der Waals surface area contributed by atoms with Gasteiger partial charge in [0.25, 0.3) is 0 Å². The van der Waals surface area contributed by atoms with Crippen molar-refractivity contribution in [2.75, 3.05) is 0 Å². The highest BCUT2D eigenvalue weighted by atomic mass is 15.0. The molecular formula is C8H11N5. The zero-order valence-electron chi connectivity index (χ0n) is 6.99. The van der Waals surface area contributed by atoms with E-state index in [0.29, 0.717) is 11.3 Å². The predicted octanol–water partition coefficient (Wildman–Crippen LogP) is -0.124. The molecule has 0 aliphatic rings. The zero-order valence-corrected chi connectivity index (χ0v) is 6.99. The molecule has 0 aliphatic carbocycles. The first-order valence-corrected chi connectivity index (χ1v) is 3.64. The van der Waals surface area contributed by atoms with E-state index in [2.05, 4.69) is 4.99 Å². The van der Waals surface area contributed by atoms with Gasteiger partial charge in [-0.05, 0) is 12.1 Å². The highest BCUT2D eigenvalue weighted by Gasteiger charge is 2.02. The van der Waals surface area contributed by atoms with Gasteiger partial charge in [0.2, 0.25) is 0 Å². The van der Waals surface area contributed by atoms with Crippen LogP contribution in [0.15, 0.2) is 29.3 Å². The lowest BCUT2D eigenvalue weighted by molar-refractivity contribution is 1.37. The Hall–Kier alpha value is -2.04. The normalized spacial score (nSPS) is 9.23. The minimum Gasteiger partial charge on any atom is -0.384 e. The third kappa shape index (κ3) is 2.19. The minimum atomic E-state index is -0.0550. The summed E-state index contributed by atoms with van der Waals surface area (Å²) in [6, 6.07) is 6.91. The summed E-state index contributed by atoms with van der Waals surface area (Å²) in [6.07, 6.45) is 0. The molecule has 0 amide bonds. The van der Waals surface area contributed by atoms with Crippen molar-refractivity contribution in [3.63, 3.8) is 0 Å². The van der Waals surface area contributed by atoms with E-state index < -0.39 is 0 Å². The maximum atomic E-state index is 7.25. The fourth-order valence-electron chi connectivity index (χ4n) is 0.938. The van der Waals surface area contributed by atoms with Gasteiger partial charge in [0.1, 0.15) is 5.84 Å². The largest absolute Gasteiger partial charge is 0.384 e. The lowest BCUT2D eigenvalue weighted by atomic mass is 10.1. The third-order valence-corrected chi connectivity index (χ3v) is 1.44.